The third-order valence-electron chi connectivity index (χ3n) is 4.70. The molecule has 0 radical (unpaired) electrons. The SMILES string of the molecule is C[C@@H](c1nnnn1C1CC1)N1CCN(C(=O)c2ccoc2)CC1. The average Bonchev–Trinajstić information content (AvgIpc) is 3.09. The van der Waals surface area contributed by atoms with Crippen molar-refractivity contribution < 1.29 is 9.21 Å². The van der Waals surface area contributed by atoms with Crippen molar-refractivity contribution >= 4 is 5.91 Å². The largest absolute Gasteiger partial charge is 0.472 e. The Hall–Kier alpha value is -2.22. The van der Waals surface area contributed by atoms with Crippen molar-refractivity contribution in [2.75, 3.05) is 26.2 Å². The van der Waals surface area contributed by atoms with Crippen molar-refractivity contribution in [3.8, 4) is 0 Å². The Morgan fingerprint density at radius 2 is 2.09 bits per heavy atom. The van der Waals surface area contributed by atoms with Gasteiger partial charge in [0.15, 0.2) is 5.82 Å². The molecule has 1 aliphatic heterocycles. The number of aromatic nitrogens is 4. The van der Waals surface area contributed by atoms with Gasteiger partial charge in [-0.1, -0.05) is 0 Å². The second-order valence-electron chi connectivity index (χ2n) is 6.23. The van der Waals surface area contributed by atoms with Gasteiger partial charge in [-0.05, 0) is 36.3 Å². The number of tetrazole rings is 1. The van der Waals surface area contributed by atoms with Crippen molar-refractivity contribution in [3.05, 3.63) is 30.0 Å². The molecular formula is C15H20N6O2. The van der Waals surface area contributed by atoms with Crippen LogP contribution in [0.5, 0.6) is 0 Å². The van der Waals surface area contributed by atoms with Gasteiger partial charge in [0.1, 0.15) is 6.26 Å². The smallest absolute Gasteiger partial charge is 0.257 e. The lowest BCUT2D eigenvalue weighted by molar-refractivity contribution is 0.0570. The molecule has 3 heterocycles. The lowest BCUT2D eigenvalue weighted by atomic mass is 10.2. The second kappa shape index (κ2) is 5.77. The third kappa shape index (κ3) is 2.74. The van der Waals surface area contributed by atoms with Crippen LogP contribution in [0.2, 0.25) is 0 Å². The zero-order valence-electron chi connectivity index (χ0n) is 13.1. The van der Waals surface area contributed by atoms with E-state index in [1.165, 1.54) is 12.5 Å². The minimum absolute atomic E-state index is 0.0360. The number of rotatable bonds is 4. The number of amides is 1. The van der Waals surface area contributed by atoms with Crippen LogP contribution in [0.1, 0.15) is 48.0 Å². The molecule has 0 spiro atoms. The molecule has 8 heteroatoms. The fourth-order valence-corrected chi connectivity index (χ4v) is 3.10. The minimum atomic E-state index is 0.0360. The fourth-order valence-electron chi connectivity index (χ4n) is 3.10. The highest BCUT2D eigenvalue weighted by Gasteiger charge is 2.33. The lowest BCUT2D eigenvalue weighted by Gasteiger charge is -2.37. The van der Waals surface area contributed by atoms with E-state index in [1.54, 1.807) is 6.07 Å². The lowest BCUT2D eigenvalue weighted by Crippen LogP contribution is -2.49. The summed E-state index contributed by atoms with van der Waals surface area (Å²) in [6.07, 6.45) is 5.36. The van der Waals surface area contributed by atoms with Crippen LogP contribution < -0.4 is 0 Å². The van der Waals surface area contributed by atoms with Crippen LogP contribution in [0.25, 0.3) is 0 Å². The summed E-state index contributed by atoms with van der Waals surface area (Å²) < 4.78 is 6.96. The molecule has 2 fully saturated rings. The van der Waals surface area contributed by atoms with Crippen molar-refractivity contribution in [1.29, 1.82) is 0 Å². The molecule has 1 atom stereocenters. The highest BCUT2D eigenvalue weighted by molar-refractivity contribution is 5.93. The predicted molar refractivity (Wildman–Crippen MR) is 80.7 cm³/mol. The molecule has 2 aliphatic rings. The quantitative estimate of drug-likeness (QED) is 0.841. The highest BCUT2D eigenvalue weighted by Crippen LogP contribution is 2.36. The van der Waals surface area contributed by atoms with Crippen LogP contribution in [0.4, 0.5) is 0 Å². The average molecular weight is 316 g/mol. The van der Waals surface area contributed by atoms with Gasteiger partial charge in [0.2, 0.25) is 0 Å². The molecular weight excluding hydrogens is 296 g/mol. The van der Waals surface area contributed by atoms with Gasteiger partial charge in [-0.25, -0.2) is 4.68 Å². The standard InChI is InChI=1S/C15H20N6O2/c1-11(14-16-17-18-21(14)13-2-3-13)19-5-7-20(8-6-19)15(22)12-4-9-23-10-12/h4,9-11,13H,2-3,5-8H2,1H3/t11-/m0/s1. The van der Waals surface area contributed by atoms with E-state index in [9.17, 15) is 4.79 Å². The van der Waals surface area contributed by atoms with E-state index >= 15 is 0 Å². The van der Waals surface area contributed by atoms with Gasteiger partial charge in [0, 0.05) is 26.2 Å². The summed E-state index contributed by atoms with van der Waals surface area (Å²) >= 11 is 0. The van der Waals surface area contributed by atoms with E-state index in [2.05, 4.69) is 27.3 Å². The van der Waals surface area contributed by atoms with Gasteiger partial charge in [0.25, 0.3) is 5.91 Å². The molecule has 122 valence electrons. The Morgan fingerprint density at radius 3 is 2.74 bits per heavy atom. The third-order valence-corrected chi connectivity index (χ3v) is 4.70. The maximum atomic E-state index is 12.3. The topological polar surface area (TPSA) is 80.3 Å². The van der Waals surface area contributed by atoms with Crippen LogP contribution in [0, 0.1) is 0 Å². The van der Waals surface area contributed by atoms with E-state index in [0.29, 0.717) is 24.7 Å². The normalized spacial score (nSPS) is 20.7. The molecule has 2 aromatic heterocycles. The van der Waals surface area contributed by atoms with E-state index in [-0.39, 0.29) is 11.9 Å². The van der Waals surface area contributed by atoms with Gasteiger partial charge >= 0.3 is 0 Å². The Labute approximate surface area is 134 Å². The van der Waals surface area contributed by atoms with Gasteiger partial charge in [-0.2, -0.15) is 0 Å². The van der Waals surface area contributed by atoms with E-state index < -0.39 is 0 Å². The number of hydrogen-bond acceptors (Lipinski definition) is 6. The Balaban J connectivity index is 1.39. The number of carbonyl (C=O) groups is 1. The van der Waals surface area contributed by atoms with Crippen LogP contribution in [0.15, 0.2) is 23.0 Å². The van der Waals surface area contributed by atoms with Crippen molar-refractivity contribution in [1.82, 2.24) is 30.0 Å². The van der Waals surface area contributed by atoms with E-state index in [0.717, 1.165) is 31.8 Å². The summed E-state index contributed by atoms with van der Waals surface area (Å²) in [4.78, 5) is 16.5. The van der Waals surface area contributed by atoms with Crippen LogP contribution in [-0.2, 0) is 0 Å². The Morgan fingerprint density at radius 1 is 1.30 bits per heavy atom. The van der Waals surface area contributed by atoms with Crippen molar-refractivity contribution in [2.45, 2.75) is 31.8 Å². The number of piperazine rings is 1. The fraction of sp³-hybridized carbons (Fsp3) is 0.600. The van der Waals surface area contributed by atoms with Crippen molar-refractivity contribution in [3.63, 3.8) is 0 Å². The summed E-state index contributed by atoms with van der Waals surface area (Å²) in [6, 6.07) is 2.35. The number of carbonyl (C=O) groups excluding carboxylic acids is 1. The maximum Gasteiger partial charge on any atom is 0.257 e. The molecule has 4 rings (SSSR count). The van der Waals surface area contributed by atoms with Gasteiger partial charge in [-0.15, -0.1) is 5.10 Å². The molecule has 0 N–H and O–H groups in total. The minimum Gasteiger partial charge on any atom is -0.472 e. The molecule has 0 bridgehead atoms. The molecule has 23 heavy (non-hydrogen) atoms. The number of hydrogen-bond donors (Lipinski definition) is 0. The molecule has 0 unspecified atom stereocenters. The maximum absolute atomic E-state index is 12.3. The summed E-state index contributed by atoms with van der Waals surface area (Å²) in [5.41, 5.74) is 0.615. The number of furan rings is 1. The molecule has 1 aliphatic carbocycles. The van der Waals surface area contributed by atoms with Crippen LogP contribution in [0.3, 0.4) is 0 Å². The first kappa shape index (κ1) is 14.4. The Kier molecular flexibility index (Phi) is 3.60. The van der Waals surface area contributed by atoms with Gasteiger partial charge < -0.3 is 9.32 Å². The molecule has 1 amide bonds. The first-order chi connectivity index (χ1) is 11.2. The summed E-state index contributed by atoms with van der Waals surface area (Å²) in [5.74, 6) is 0.968. The van der Waals surface area contributed by atoms with Gasteiger partial charge in [-0.3, -0.25) is 9.69 Å². The molecule has 2 aromatic rings. The summed E-state index contributed by atoms with van der Waals surface area (Å²) in [5, 5.41) is 12.2. The second-order valence-corrected chi connectivity index (χ2v) is 6.23. The zero-order valence-corrected chi connectivity index (χ0v) is 13.1. The van der Waals surface area contributed by atoms with Gasteiger partial charge in [0.05, 0.1) is 23.9 Å². The molecule has 1 saturated heterocycles. The molecule has 8 nitrogen and oxygen atoms in total. The monoisotopic (exact) mass is 316 g/mol. The molecule has 1 saturated carbocycles. The van der Waals surface area contributed by atoms with Crippen LogP contribution >= 0.6 is 0 Å². The summed E-state index contributed by atoms with van der Waals surface area (Å²) in [7, 11) is 0. The highest BCUT2D eigenvalue weighted by atomic mass is 16.3. The van der Waals surface area contributed by atoms with Crippen molar-refractivity contribution in [2.24, 2.45) is 0 Å². The van der Waals surface area contributed by atoms with Crippen LogP contribution in [-0.4, -0.2) is 62.1 Å². The first-order valence-corrected chi connectivity index (χ1v) is 8.07. The zero-order chi connectivity index (χ0) is 15.8. The van der Waals surface area contributed by atoms with E-state index in [1.807, 2.05) is 9.58 Å². The predicted octanol–water partition coefficient (Wildman–Crippen LogP) is 1.12. The summed E-state index contributed by atoms with van der Waals surface area (Å²) in [6.45, 7) is 5.20. The first-order valence-electron chi connectivity index (χ1n) is 8.07. The Bertz CT molecular complexity index is 670. The number of nitrogens with zero attached hydrogens (tertiary/aromatic N) is 6. The molecule has 0 aromatic carbocycles. The van der Waals surface area contributed by atoms with E-state index in [4.69, 9.17) is 4.42 Å².